The summed E-state index contributed by atoms with van der Waals surface area (Å²) < 4.78 is 0. The summed E-state index contributed by atoms with van der Waals surface area (Å²) in [6.07, 6.45) is 0. The fourth-order valence-corrected chi connectivity index (χ4v) is 0.654. The molecule has 0 aliphatic rings. The number of aromatic carboxylic acids is 1. The Morgan fingerprint density at radius 3 is 2.08 bits per heavy atom. The summed E-state index contributed by atoms with van der Waals surface area (Å²) in [6, 6.07) is 5.81. The van der Waals surface area contributed by atoms with Gasteiger partial charge in [-0.3, -0.25) is 0 Å². The van der Waals surface area contributed by atoms with Crippen LogP contribution in [-0.4, -0.2) is 45.7 Å². The van der Waals surface area contributed by atoms with Crippen LogP contribution in [0.15, 0.2) is 24.3 Å². The van der Waals surface area contributed by atoms with Crippen LogP contribution in [0.3, 0.4) is 0 Å². The molecule has 62 valence electrons. The Labute approximate surface area is 109 Å². The first-order valence-electron chi connectivity index (χ1n) is 2.73. The molecule has 0 amide bonds. The van der Waals surface area contributed by atoms with Crippen molar-refractivity contribution in [2.45, 2.75) is 0 Å². The van der Waals surface area contributed by atoms with E-state index in [4.69, 9.17) is 10.2 Å². The fraction of sp³-hybridized carbons (Fsp3) is 0. The molecule has 0 bridgehead atoms. The van der Waals surface area contributed by atoms with E-state index in [1.54, 1.807) is 12.1 Å². The van der Waals surface area contributed by atoms with Crippen LogP contribution in [0.5, 0.6) is 5.75 Å². The van der Waals surface area contributed by atoms with Crippen LogP contribution in [0.4, 0.5) is 0 Å². The van der Waals surface area contributed by atoms with E-state index in [0.717, 1.165) is 0 Å². The zero-order valence-electron chi connectivity index (χ0n) is 5.52. The number of benzene rings is 1. The van der Waals surface area contributed by atoms with Gasteiger partial charge in [0.1, 0.15) is 11.3 Å². The van der Waals surface area contributed by atoms with Crippen molar-refractivity contribution in [3.63, 3.8) is 0 Å². The molecule has 0 aliphatic heterocycles. The van der Waals surface area contributed by atoms with Gasteiger partial charge in [-0.1, -0.05) is 12.1 Å². The molecule has 0 saturated heterocycles. The van der Waals surface area contributed by atoms with Gasteiger partial charge in [0.2, 0.25) is 0 Å². The molecule has 2 N–H and O–H groups in total. The van der Waals surface area contributed by atoms with Crippen molar-refractivity contribution in [1.29, 1.82) is 0 Å². The van der Waals surface area contributed by atoms with E-state index in [1.807, 2.05) is 0 Å². The summed E-state index contributed by atoms with van der Waals surface area (Å²) in [5, 5.41) is 17.3. The number of aromatic hydroxyl groups is 1. The Morgan fingerprint density at radius 2 is 1.75 bits per heavy atom. The molecule has 0 unspecified atom stereocenters. The molecule has 0 atom stereocenters. The minimum atomic E-state index is -1.11. The maximum absolute atomic E-state index is 10.3. The Kier molecular flexibility index (Phi) is 8.23. The van der Waals surface area contributed by atoms with E-state index < -0.39 is 5.97 Å². The molecular weight excluding hydrogens is 282 g/mol. The van der Waals surface area contributed by atoms with E-state index >= 15 is 0 Å². The number of halogens is 1. The first-order valence-corrected chi connectivity index (χ1v) is 2.73. The molecule has 1 aromatic rings. The van der Waals surface area contributed by atoms with Gasteiger partial charge >= 0.3 is 35.5 Å². The normalized spacial score (nSPS) is 7.67. The first-order chi connectivity index (χ1) is 4.72. The van der Waals surface area contributed by atoms with Gasteiger partial charge in [0, 0.05) is 0 Å². The summed E-state index contributed by atoms with van der Waals surface area (Å²) in [5.41, 5.74) is -0.0671. The fourth-order valence-electron chi connectivity index (χ4n) is 0.654. The molecule has 1 aromatic carbocycles. The Hall–Kier alpha value is 0.220. The topological polar surface area (TPSA) is 57.5 Å². The summed E-state index contributed by atoms with van der Waals surface area (Å²) in [6.45, 7) is 0. The summed E-state index contributed by atoms with van der Waals surface area (Å²) >= 11 is 0. The van der Waals surface area contributed by atoms with Crippen LogP contribution in [-0.2, 0) is 0 Å². The van der Waals surface area contributed by atoms with Crippen molar-refractivity contribution in [3.8, 4) is 5.75 Å². The van der Waals surface area contributed by atoms with Crippen molar-refractivity contribution in [2.75, 3.05) is 0 Å². The van der Waals surface area contributed by atoms with Crippen LogP contribution in [0.1, 0.15) is 10.4 Å². The van der Waals surface area contributed by atoms with Gasteiger partial charge in [0.25, 0.3) is 0 Å². The standard InChI is InChI=1S/C7H6O3.HI.Na.H/c8-6-4-2-1-3-5(6)7(9)10;;;/h1-4,8H,(H,9,10);1H;;. The average Bonchev–Trinajstić information content (AvgIpc) is 1.88. The van der Waals surface area contributed by atoms with Crippen molar-refractivity contribution >= 4 is 59.5 Å². The van der Waals surface area contributed by atoms with Crippen LogP contribution in [0.25, 0.3) is 0 Å². The number of para-hydroxylation sites is 1. The van der Waals surface area contributed by atoms with Gasteiger partial charge < -0.3 is 10.2 Å². The van der Waals surface area contributed by atoms with Crippen LogP contribution >= 0.6 is 24.0 Å². The predicted molar refractivity (Wildman–Crippen MR) is 57.6 cm³/mol. The SMILES string of the molecule is I.O=C(O)c1ccccc1O.[NaH]. The average molecular weight is 290 g/mol. The molecule has 5 heteroatoms. The third-order valence-corrected chi connectivity index (χ3v) is 1.13. The second-order valence-corrected chi connectivity index (χ2v) is 1.82. The quantitative estimate of drug-likeness (QED) is 0.600. The van der Waals surface area contributed by atoms with Crippen LogP contribution < -0.4 is 0 Å². The zero-order valence-corrected chi connectivity index (χ0v) is 7.85. The van der Waals surface area contributed by atoms with Gasteiger partial charge in [-0.05, 0) is 12.1 Å². The van der Waals surface area contributed by atoms with E-state index in [1.165, 1.54) is 12.1 Å². The predicted octanol–water partition coefficient (Wildman–Crippen LogP) is 1.06. The molecule has 0 aromatic heterocycles. The number of carboxylic acid groups (broad SMARTS) is 1. The first kappa shape index (κ1) is 14.7. The summed E-state index contributed by atoms with van der Waals surface area (Å²) in [5.74, 6) is -1.31. The van der Waals surface area contributed by atoms with Gasteiger partial charge in [-0.2, -0.15) is 0 Å². The minimum absolute atomic E-state index is 0. The third-order valence-electron chi connectivity index (χ3n) is 1.13. The molecule has 1 rings (SSSR count). The van der Waals surface area contributed by atoms with E-state index in [2.05, 4.69) is 0 Å². The second-order valence-electron chi connectivity index (χ2n) is 1.82. The number of hydrogen-bond donors (Lipinski definition) is 2. The van der Waals surface area contributed by atoms with Crippen molar-refractivity contribution in [1.82, 2.24) is 0 Å². The monoisotopic (exact) mass is 290 g/mol. The van der Waals surface area contributed by atoms with Crippen molar-refractivity contribution in [3.05, 3.63) is 29.8 Å². The van der Waals surface area contributed by atoms with Gasteiger partial charge in [-0.15, -0.1) is 24.0 Å². The number of phenols is 1. The molecule has 0 heterocycles. The van der Waals surface area contributed by atoms with E-state index in [-0.39, 0.29) is 64.8 Å². The molecule has 0 saturated carbocycles. The Bertz CT molecular complexity index is 265. The van der Waals surface area contributed by atoms with E-state index in [0.29, 0.717) is 0 Å². The number of carbonyl (C=O) groups is 1. The third kappa shape index (κ3) is 3.75. The van der Waals surface area contributed by atoms with E-state index in [9.17, 15) is 4.79 Å². The number of hydrogen-bond acceptors (Lipinski definition) is 2. The van der Waals surface area contributed by atoms with Crippen molar-refractivity contribution < 1.29 is 15.0 Å². The van der Waals surface area contributed by atoms with Crippen molar-refractivity contribution in [2.24, 2.45) is 0 Å². The molecule has 0 radical (unpaired) electrons. The number of rotatable bonds is 1. The van der Waals surface area contributed by atoms with Gasteiger partial charge in [0.05, 0.1) is 0 Å². The molecule has 12 heavy (non-hydrogen) atoms. The second kappa shape index (κ2) is 6.71. The molecule has 3 nitrogen and oxygen atoms in total. The van der Waals surface area contributed by atoms with Crippen LogP contribution in [0, 0.1) is 0 Å². The zero-order chi connectivity index (χ0) is 7.56. The van der Waals surface area contributed by atoms with Crippen LogP contribution in [0.2, 0.25) is 0 Å². The Balaban J connectivity index is 0. The molecule has 0 aliphatic carbocycles. The van der Waals surface area contributed by atoms with Gasteiger partial charge in [0.15, 0.2) is 0 Å². The Morgan fingerprint density at radius 1 is 1.25 bits per heavy atom. The molecule has 0 spiro atoms. The summed E-state index contributed by atoms with van der Waals surface area (Å²) in [7, 11) is 0. The summed E-state index contributed by atoms with van der Waals surface area (Å²) in [4.78, 5) is 10.3. The maximum atomic E-state index is 10.3. The molecule has 0 fully saturated rings. The van der Waals surface area contributed by atoms with Gasteiger partial charge in [-0.25, -0.2) is 4.79 Å². The molecular formula is C7H8INaO3. The number of carboxylic acids is 1.